The van der Waals surface area contributed by atoms with Crippen LogP contribution in [0.4, 0.5) is 0 Å². The number of hydrogen-bond donors (Lipinski definition) is 1. The minimum atomic E-state index is -3.90. The number of rotatable bonds is 7. The van der Waals surface area contributed by atoms with Crippen molar-refractivity contribution in [2.45, 2.75) is 42.0 Å². The third-order valence-corrected chi connectivity index (χ3v) is 10.1. The van der Waals surface area contributed by atoms with Crippen LogP contribution in [0.3, 0.4) is 0 Å². The number of carbonyl (C=O) groups is 3. The van der Waals surface area contributed by atoms with E-state index in [1.54, 1.807) is 12.1 Å². The molecule has 0 aromatic carbocycles. The Morgan fingerprint density at radius 3 is 2.56 bits per heavy atom. The van der Waals surface area contributed by atoms with Gasteiger partial charge in [0.25, 0.3) is 10.0 Å². The fraction of sp³-hybridized carbons (Fsp3) is 0.450. The topological polar surface area (TPSA) is 104 Å². The van der Waals surface area contributed by atoms with Gasteiger partial charge in [-0.3, -0.25) is 9.59 Å². The number of nitrogens with zero attached hydrogens (tertiary/aromatic N) is 2. The maximum absolute atomic E-state index is 12.9. The molecule has 2 saturated heterocycles. The molecule has 1 N–H and O–H groups in total. The number of carbonyl (C=O) groups excluding carboxylic acids is 3. The molecule has 2 amide bonds. The van der Waals surface area contributed by atoms with Gasteiger partial charge in [-0.1, -0.05) is 11.6 Å². The molecule has 0 spiro atoms. The molecular formula is C20H22ClN3O5S3. The highest BCUT2D eigenvalue weighted by Gasteiger charge is 2.36. The molecule has 8 nitrogen and oxygen atoms in total. The maximum atomic E-state index is 12.9. The number of sulfonamides is 1. The van der Waals surface area contributed by atoms with E-state index in [0.717, 1.165) is 33.8 Å². The lowest BCUT2D eigenvalue weighted by molar-refractivity contribution is -0.144. The molecule has 32 heavy (non-hydrogen) atoms. The normalized spacial score (nSPS) is 21.8. The summed E-state index contributed by atoms with van der Waals surface area (Å²) in [6.07, 6.45) is 3.09. The van der Waals surface area contributed by atoms with Crippen molar-refractivity contribution in [3.8, 4) is 9.75 Å². The molecule has 0 unspecified atom stereocenters. The van der Waals surface area contributed by atoms with Crippen molar-refractivity contribution in [3.63, 3.8) is 0 Å². The van der Waals surface area contributed by atoms with Crippen LogP contribution >= 0.6 is 34.3 Å². The summed E-state index contributed by atoms with van der Waals surface area (Å²) < 4.78 is 29.1. The molecule has 172 valence electrons. The van der Waals surface area contributed by atoms with Crippen molar-refractivity contribution in [3.05, 3.63) is 28.6 Å². The number of nitrogens with one attached hydrogen (secondary N) is 1. The summed E-state index contributed by atoms with van der Waals surface area (Å²) in [6.45, 7) is 0.727. The molecule has 0 radical (unpaired) electrons. The molecule has 2 aliphatic heterocycles. The summed E-state index contributed by atoms with van der Waals surface area (Å²) in [5.41, 5.74) is 0. The fourth-order valence-corrected chi connectivity index (χ4v) is 7.67. The number of likely N-dealkylation sites (tertiary alicyclic amines) is 2. The second-order valence-corrected chi connectivity index (χ2v) is 12.5. The van der Waals surface area contributed by atoms with Crippen LogP contribution in [0.1, 0.15) is 25.7 Å². The van der Waals surface area contributed by atoms with E-state index >= 15 is 0 Å². The molecule has 0 bridgehead atoms. The van der Waals surface area contributed by atoms with Gasteiger partial charge in [-0.25, -0.2) is 8.42 Å². The Balaban J connectivity index is 1.42. The zero-order chi connectivity index (χ0) is 22.9. The largest absolute Gasteiger partial charge is 0.332 e. The predicted molar refractivity (Wildman–Crippen MR) is 123 cm³/mol. The number of hydrogen-bond acceptors (Lipinski definition) is 7. The van der Waals surface area contributed by atoms with Gasteiger partial charge in [0.1, 0.15) is 16.5 Å². The Morgan fingerprint density at radius 2 is 1.84 bits per heavy atom. The Hall–Kier alpha value is -1.79. The van der Waals surface area contributed by atoms with Gasteiger partial charge in [-0.05, 0) is 49.9 Å². The summed E-state index contributed by atoms with van der Waals surface area (Å²) in [7, 11) is -3.90. The summed E-state index contributed by atoms with van der Waals surface area (Å²) >= 11 is 8.44. The van der Waals surface area contributed by atoms with Gasteiger partial charge in [0.05, 0.1) is 16.9 Å². The first-order valence-corrected chi connectivity index (χ1v) is 13.7. The van der Waals surface area contributed by atoms with E-state index in [1.165, 1.54) is 27.2 Å². The van der Waals surface area contributed by atoms with Crippen LogP contribution in [0.5, 0.6) is 0 Å². The molecule has 2 aromatic heterocycles. The SMILES string of the molecule is O=C[C@@H]1CCCN1C(=O)CN1CCC[C@H](NS(=O)(=O)c2ccc(-c3ccc(Cl)s3)s2)C1=O. The molecule has 2 aromatic rings. The van der Waals surface area contributed by atoms with Crippen molar-refractivity contribution >= 4 is 62.4 Å². The highest BCUT2D eigenvalue weighted by molar-refractivity contribution is 7.91. The first-order chi connectivity index (χ1) is 15.3. The predicted octanol–water partition coefficient (Wildman–Crippen LogP) is 2.59. The third-order valence-electron chi connectivity index (χ3n) is 5.59. The van der Waals surface area contributed by atoms with Crippen molar-refractivity contribution in [2.24, 2.45) is 0 Å². The van der Waals surface area contributed by atoms with Gasteiger partial charge in [0, 0.05) is 22.8 Å². The van der Waals surface area contributed by atoms with E-state index in [9.17, 15) is 22.8 Å². The maximum Gasteiger partial charge on any atom is 0.250 e. The molecule has 0 aliphatic carbocycles. The monoisotopic (exact) mass is 515 g/mol. The van der Waals surface area contributed by atoms with E-state index in [1.807, 2.05) is 6.07 Å². The average molecular weight is 516 g/mol. The van der Waals surface area contributed by atoms with E-state index in [-0.39, 0.29) is 16.7 Å². The molecule has 2 aliphatic rings. The van der Waals surface area contributed by atoms with Gasteiger partial charge < -0.3 is 14.6 Å². The van der Waals surface area contributed by atoms with Crippen LogP contribution in [-0.4, -0.2) is 68.0 Å². The number of halogens is 1. The summed E-state index contributed by atoms with van der Waals surface area (Å²) in [4.78, 5) is 41.2. The molecular weight excluding hydrogens is 494 g/mol. The van der Waals surface area contributed by atoms with E-state index < -0.39 is 28.0 Å². The standard InChI is InChI=1S/C20H22ClN3O5S3/c21-17-7-5-15(30-17)16-6-8-19(31-16)32(28,29)22-14-4-2-9-23(20(14)27)11-18(26)24-10-1-3-13(24)12-25/h5-8,12-14,22H,1-4,9-11H2/t13-,14-/m0/s1. The molecule has 4 rings (SSSR count). The lowest BCUT2D eigenvalue weighted by atomic mass is 10.1. The van der Waals surface area contributed by atoms with Crippen molar-refractivity contribution in [2.75, 3.05) is 19.6 Å². The van der Waals surface area contributed by atoms with Gasteiger partial charge in [0.15, 0.2) is 0 Å². The number of piperidine rings is 1. The zero-order valence-corrected chi connectivity index (χ0v) is 20.2. The number of amides is 2. The Kier molecular flexibility index (Phi) is 7.01. The van der Waals surface area contributed by atoms with Crippen molar-refractivity contribution < 1.29 is 22.8 Å². The lowest BCUT2D eigenvalue weighted by Gasteiger charge is -2.33. The van der Waals surface area contributed by atoms with Gasteiger partial charge in [-0.2, -0.15) is 4.72 Å². The van der Waals surface area contributed by atoms with E-state index in [0.29, 0.717) is 36.7 Å². The van der Waals surface area contributed by atoms with Crippen LogP contribution in [0.2, 0.25) is 4.34 Å². The van der Waals surface area contributed by atoms with E-state index in [4.69, 9.17) is 11.6 Å². The van der Waals surface area contributed by atoms with Crippen LogP contribution < -0.4 is 4.72 Å². The molecule has 4 heterocycles. The fourth-order valence-electron chi connectivity index (χ4n) is 3.99. The molecule has 0 saturated carbocycles. The Bertz CT molecular complexity index is 1130. The summed E-state index contributed by atoms with van der Waals surface area (Å²) in [6, 6.07) is 5.44. The highest BCUT2D eigenvalue weighted by Crippen LogP contribution is 2.36. The average Bonchev–Trinajstić information content (AvgIpc) is 3.50. The Labute approximate surface area is 199 Å². The lowest BCUT2D eigenvalue weighted by Crippen LogP contribution is -2.54. The molecule has 12 heteroatoms. The third kappa shape index (κ3) is 4.91. The van der Waals surface area contributed by atoms with Crippen molar-refractivity contribution in [1.82, 2.24) is 14.5 Å². The first kappa shape index (κ1) is 23.4. The Morgan fingerprint density at radius 1 is 1.12 bits per heavy atom. The second kappa shape index (κ2) is 9.60. The summed E-state index contributed by atoms with van der Waals surface area (Å²) in [5, 5.41) is 0. The quantitative estimate of drug-likeness (QED) is 0.571. The van der Waals surface area contributed by atoms with Crippen LogP contribution in [0.25, 0.3) is 9.75 Å². The van der Waals surface area contributed by atoms with Crippen LogP contribution in [-0.2, 0) is 24.4 Å². The minimum Gasteiger partial charge on any atom is -0.332 e. The van der Waals surface area contributed by atoms with Gasteiger partial charge in [0.2, 0.25) is 11.8 Å². The van der Waals surface area contributed by atoms with Gasteiger partial charge in [-0.15, -0.1) is 22.7 Å². The highest BCUT2D eigenvalue weighted by atomic mass is 35.5. The first-order valence-electron chi connectivity index (χ1n) is 10.2. The second-order valence-electron chi connectivity index (χ2n) is 7.73. The van der Waals surface area contributed by atoms with Crippen LogP contribution in [0, 0.1) is 0 Å². The molecule has 2 atom stereocenters. The smallest absolute Gasteiger partial charge is 0.250 e. The minimum absolute atomic E-state index is 0.115. The summed E-state index contributed by atoms with van der Waals surface area (Å²) in [5.74, 6) is -0.703. The zero-order valence-electron chi connectivity index (χ0n) is 17.0. The van der Waals surface area contributed by atoms with Crippen LogP contribution in [0.15, 0.2) is 28.5 Å². The van der Waals surface area contributed by atoms with Crippen molar-refractivity contribution in [1.29, 1.82) is 0 Å². The molecule has 2 fully saturated rings. The van der Waals surface area contributed by atoms with E-state index in [2.05, 4.69) is 4.72 Å². The number of aldehydes is 1. The number of thiophene rings is 2. The van der Waals surface area contributed by atoms with Gasteiger partial charge >= 0.3 is 0 Å².